The van der Waals surface area contributed by atoms with Crippen LogP contribution in [0.15, 0.2) is 0 Å². The Hall–Kier alpha value is -0.580. The second-order valence-electron chi connectivity index (χ2n) is 5.00. The minimum Gasteiger partial charge on any atom is -0.480 e. The first-order valence-corrected chi connectivity index (χ1v) is 6.55. The fourth-order valence-electron chi connectivity index (χ4n) is 2.94. The van der Waals surface area contributed by atoms with Gasteiger partial charge >= 0.3 is 5.97 Å². The second kappa shape index (κ2) is 4.02. The molecule has 16 heavy (non-hydrogen) atoms. The van der Waals surface area contributed by atoms with Crippen LogP contribution >= 0.6 is 15.9 Å². The Kier molecular flexibility index (Phi) is 2.99. The molecule has 2 N–H and O–H groups in total. The standard InChI is InChI=1S/C11H16BrNO3/c1-6(9(14)15)13-10(16)11-3-2-7(5-11)4-8(11)12/h6-8H,2-5H2,1H3,(H,13,16)(H,14,15)/t6-,7?,8?,11?/m0/s1. The van der Waals surface area contributed by atoms with Gasteiger partial charge in [0.05, 0.1) is 5.41 Å². The molecule has 1 amide bonds. The summed E-state index contributed by atoms with van der Waals surface area (Å²) >= 11 is 3.57. The van der Waals surface area contributed by atoms with Crippen LogP contribution in [0.1, 0.15) is 32.6 Å². The van der Waals surface area contributed by atoms with E-state index < -0.39 is 12.0 Å². The third-order valence-corrected chi connectivity index (χ3v) is 5.21. The molecule has 2 aliphatic carbocycles. The van der Waals surface area contributed by atoms with E-state index >= 15 is 0 Å². The van der Waals surface area contributed by atoms with E-state index in [0.29, 0.717) is 5.92 Å². The van der Waals surface area contributed by atoms with Gasteiger partial charge in [0.15, 0.2) is 0 Å². The van der Waals surface area contributed by atoms with Crippen molar-refractivity contribution in [3.8, 4) is 0 Å². The monoisotopic (exact) mass is 289 g/mol. The number of carboxylic acid groups (broad SMARTS) is 1. The van der Waals surface area contributed by atoms with Gasteiger partial charge in [-0.15, -0.1) is 0 Å². The number of aliphatic carboxylic acids is 1. The molecular formula is C11H16BrNO3. The smallest absolute Gasteiger partial charge is 0.325 e. The number of alkyl halides is 1. The number of amides is 1. The molecule has 0 aromatic carbocycles. The fourth-order valence-corrected chi connectivity index (χ4v) is 4.09. The number of halogens is 1. The predicted molar refractivity (Wildman–Crippen MR) is 62.3 cm³/mol. The number of carboxylic acids is 1. The molecule has 0 spiro atoms. The number of fused-ring (bicyclic) bond motifs is 2. The van der Waals surface area contributed by atoms with Gasteiger partial charge in [0.1, 0.15) is 6.04 Å². The van der Waals surface area contributed by atoms with Crippen molar-refractivity contribution in [1.29, 1.82) is 0 Å². The zero-order valence-electron chi connectivity index (χ0n) is 9.20. The van der Waals surface area contributed by atoms with E-state index in [1.165, 1.54) is 6.92 Å². The number of hydrogen-bond donors (Lipinski definition) is 2. The molecule has 2 saturated carbocycles. The van der Waals surface area contributed by atoms with Crippen LogP contribution < -0.4 is 5.32 Å². The molecule has 0 aromatic heterocycles. The number of rotatable bonds is 3. The molecule has 0 aliphatic heterocycles. The van der Waals surface area contributed by atoms with Crippen molar-refractivity contribution in [1.82, 2.24) is 5.32 Å². The van der Waals surface area contributed by atoms with Crippen LogP contribution in [0, 0.1) is 11.3 Å². The van der Waals surface area contributed by atoms with E-state index in [1.54, 1.807) is 0 Å². The van der Waals surface area contributed by atoms with Gasteiger partial charge in [0, 0.05) is 4.83 Å². The Bertz CT molecular complexity index is 333. The average Bonchev–Trinajstić information content (AvgIpc) is 2.75. The van der Waals surface area contributed by atoms with Crippen LogP contribution in [0.25, 0.3) is 0 Å². The molecule has 0 radical (unpaired) electrons. The van der Waals surface area contributed by atoms with Crippen LogP contribution in [0.2, 0.25) is 0 Å². The first-order valence-electron chi connectivity index (χ1n) is 5.63. The summed E-state index contributed by atoms with van der Waals surface area (Å²) in [6.45, 7) is 1.50. The van der Waals surface area contributed by atoms with Crippen LogP contribution in [0.3, 0.4) is 0 Å². The summed E-state index contributed by atoms with van der Waals surface area (Å²) in [5, 5.41) is 11.4. The lowest BCUT2D eigenvalue weighted by Gasteiger charge is -2.30. The molecule has 2 aliphatic rings. The average molecular weight is 290 g/mol. The summed E-state index contributed by atoms with van der Waals surface area (Å²) in [4.78, 5) is 23.1. The van der Waals surface area contributed by atoms with Crippen LogP contribution in [0.5, 0.6) is 0 Å². The molecule has 2 rings (SSSR count). The highest BCUT2D eigenvalue weighted by molar-refractivity contribution is 9.09. The van der Waals surface area contributed by atoms with Crippen LogP contribution in [-0.2, 0) is 9.59 Å². The maximum absolute atomic E-state index is 12.1. The molecule has 2 fully saturated rings. The van der Waals surface area contributed by atoms with Crippen molar-refractivity contribution in [3.63, 3.8) is 0 Å². The van der Waals surface area contributed by atoms with Gasteiger partial charge in [-0.3, -0.25) is 9.59 Å². The molecule has 0 heterocycles. The van der Waals surface area contributed by atoms with Crippen LogP contribution in [-0.4, -0.2) is 27.9 Å². The highest BCUT2D eigenvalue weighted by Crippen LogP contribution is 2.57. The Balaban J connectivity index is 2.07. The van der Waals surface area contributed by atoms with Crippen molar-refractivity contribution in [2.75, 3.05) is 0 Å². The van der Waals surface area contributed by atoms with E-state index in [0.717, 1.165) is 25.7 Å². The highest BCUT2D eigenvalue weighted by atomic mass is 79.9. The van der Waals surface area contributed by atoms with Gasteiger partial charge in [-0.25, -0.2) is 0 Å². The van der Waals surface area contributed by atoms with Crippen molar-refractivity contribution in [3.05, 3.63) is 0 Å². The first-order chi connectivity index (χ1) is 7.45. The lowest BCUT2D eigenvalue weighted by molar-refractivity contribution is -0.143. The maximum Gasteiger partial charge on any atom is 0.325 e. The zero-order valence-corrected chi connectivity index (χ0v) is 10.8. The molecule has 3 unspecified atom stereocenters. The van der Waals surface area contributed by atoms with E-state index in [-0.39, 0.29) is 16.1 Å². The van der Waals surface area contributed by atoms with Crippen molar-refractivity contribution in [2.24, 2.45) is 11.3 Å². The van der Waals surface area contributed by atoms with Crippen molar-refractivity contribution < 1.29 is 14.7 Å². The summed E-state index contributed by atoms with van der Waals surface area (Å²) in [5.74, 6) is -0.442. The van der Waals surface area contributed by atoms with E-state index in [1.807, 2.05) is 0 Å². The Morgan fingerprint density at radius 3 is 2.69 bits per heavy atom. The van der Waals surface area contributed by atoms with Gasteiger partial charge in [0.25, 0.3) is 0 Å². The molecule has 90 valence electrons. The summed E-state index contributed by atoms with van der Waals surface area (Å²) in [5.41, 5.74) is -0.353. The summed E-state index contributed by atoms with van der Waals surface area (Å²) in [7, 11) is 0. The van der Waals surface area contributed by atoms with Gasteiger partial charge in [-0.05, 0) is 38.5 Å². The lowest BCUT2D eigenvalue weighted by Crippen LogP contribution is -2.48. The van der Waals surface area contributed by atoms with E-state index in [2.05, 4.69) is 21.2 Å². The molecule has 0 saturated heterocycles. The number of hydrogen-bond acceptors (Lipinski definition) is 2. The number of carbonyl (C=O) groups is 2. The minimum atomic E-state index is -0.983. The molecule has 2 bridgehead atoms. The van der Waals surface area contributed by atoms with Gasteiger partial charge < -0.3 is 10.4 Å². The second-order valence-corrected chi connectivity index (χ2v) is 6.11. The van der Waals surface area contributed by atoms with Gasteiger partial charge in [-0.1, -0.05) is 15.9 Å². The fraction of sp³-hybridized carbons (Fsp3) is 0.818. The normalized spacial score (nSPS) is 38.4. The third kappa shape index (κ3) is 1.75. The molecule has 4 atom stereocenters. The quantitative estimate of drug-likeness (QED) is 0.775. The highest BCUT2D eigenvalue weighted by Gasteiger charge is 2.55. The summed E-state index contributed by atoms with van der Waals surface area (Å²) < 4.78 is 0. The number of carbonyl (C=O) groups excluding carboxylic acids is 1. The van der Waals surface area contributed by atoms with Crippen LogP contribution in [0.4, 0.5) is 0 Å². The molecule has 4 nitrogen and oxygen atoms in total. The molecule has 5 heteroatoms. The number of nitrogens with one attached hydrogen (secondary N) is 1. The summed E-state index contributed by atoms with van der Waals surface area (Å²) in [6.07, 6.45) is 3.92. The minimum absolute atomic E-state index is 0.0933. The summed E-state index contributed by atoms with van der Waals surface area (Å²) in [6, 6.07) is -0.804. The maximum atomic E-state index is 12.1. The largest absolute Gasteiger partial charge is 0.480 e. The lowest BCUT2D eigenvalue weighted by atomic mass is 9.83. The van der Waals surface area contributed by atoms with Gasteiger partial charge in [0.2, 0.25) is 5.91 Å². The Morgan fingerprint density at radius 1 is 1.56 bits per heavy atom. The first kappa shape index (κ1) is 11.9. The molecule has 0 aromatic rings. The predicted octanol–water partition coefficient (Wildman–Crippen LogP) is 1.53. The van der Waals surface area contributed by atoms with E-state index in [9.17, 15) is 9.59 Å². The van der Waals surface area contributed by atoms with E-state index in [4.69, 9.17) is 5.11 Å². The van der Waals surface area contributed by atoms with Crippen molar-refractivity contribution in [2.45, 2.75) is 43.5 Å². The Morgan fingerprint density at radius 2 is 2.25 bits per heavy atom. The zero-order chi connectivity index (χ0) is 11.9. The third-order valence-electron chi connectivity index (χ3n) is 3.96. The molecular weight excluding hydrogens is 274 g/mol. The van der Waals surface area contributed by atoms with Crippen molar-refractivity contribution >= 4 is 27.8 Å². The van der Waals surface area contributed by atoms with Gasteiger partial charge in [-0.2, -0.15) is 0 Å². The Labute approximate surface area is 103 Å². The topological polar surface area (TPSA) is 66.4 Å². The SMILES string of the molecule is C[C@H](NC(=O)C12CCC(CC1Br)C2)C(=O)O.